The normalized spacial score (nSPS) is 23.1. The van der Waals surface area contributed by atoms with Crippen molar-refractivity contribution in [3.63, 3.8) is 0 Å². The molecule has 4 heteroatoms. The number of oxazole rings is 1. The molecule has 1 aromatic heterocycles. The lowest BCUT2D eigenvalue weighted by Crippen LogP contribution is -2.24. The number of anilines is 1. The minimum absolute atomic E-state index is 0.537. The maximum atomic E-state index is 5.25. The van der Waals surface area contributed by atoms with Gasteiger partial charge >= 0.3 is 0 Å². The van der Waals surface area contributed by atoms with E-state index in [1.54, 1.807) is 6.26 Å². The predicted molar refractivity (Wildman–Crippen MR) is 80.8 cm³/mol. The Balaban J connectivity index is 1.68. The molecule has 0 saturated carbocycles. The smallest absolute Gasteiger partial charge is 0.191 e. The van der Waals surface area contributed by atoms with Gasteiger partial charge in [-0.25, -0.2) is 4.98 Å². The molecular formula is C16H21N3O. The lowest BCUT2D eigenvalue weighted by Gasteiger charge is -2.14. The molecule has 1 aliphatic heterocycles. The molecule has 1 aliphatic rings. The van der Waals surface area contributed by atoms with E-state index in [1.165, 1.54) is 12.1 Å². The highest BCUT2D eigenvalue weighted by Gasteiger charge is 2.25. The molecule has 3 rings (SSSR count). The molecule has 20 heavy (non-hydrogen) atoms. The van der Waals surface area contributed by atoms with E-state index in [4.69, 9.17) is 4.42 Å². The molecule has 1 aromatic carbocycles. The van der Waals surface area contributed by atoms with Gasteiger partial charge in [0.05, 0.1) is 0 Å². The van der Waals surface area contributed by atoms with Gasteiger partial charge in [-0.3, -0.25) is 0 Å². The summed E-state index contributed by atoms with van der Waals surface area (Å²) in [6.07, 6.45) is 2.89. The molecule has 2 aromatic rings. The number of nitrogens with one attached hydrogen (secondary N) is 1. The van der Waals surface area contributed by atoms with Crippen molar-refractivity contribution < 1.29 is 4.42 Å². The third-order valence-electron chi connectivity index (χ3n) is 4.06. The lowest BCUT2D eigenvalue weighted by molar-refractivity contribution is 0.330. The number of likely N-dealkylation sites (tertiary alicyclic amines) is 1. The van der Waals surface area contributed by atoms with Gasteiger partial charge in [-0.05, 0) is 32.5 Å². The topological polar surface area (TPSA) is 41.3 Å². The Morgan fingerprint density at radius 1 is 1.30 bits per heavy atom. The van der Waals surface area contributed by atoms with Crippen LogP contribution < -0.4 is 5.32 Å². The fraction of sp³-hybridized carbons (Fsp3) is 0.438. The van der Waals surface area contributed by atoms with Gasteiger partial charge < -0.3 is 14.6 Å². The Labute approximate surface area is 119 Å². The average Bonchev–Trinajstić information content (AvgIpc) is 2.98. The molecule has 2 unspecified atom stereocenters. The monoisotopic (exact) mass is 271 g/mol. The van der Waals surface area contributed by atoms with Gasteiger partial charge in [0.2, 0.25) is 0 Å². The van der Waals surface area contributed by atoms with Gasteiger partial charge in [0.15, 0.2) is 5.89 Å². The van der Waals surface area contributed by atoms with Crippen molar-refractivity contribution in [2.75, 3.05) is 18.9 Å². The molecule has 1 fully saturated rings. The summed E-state index contributed by atoms with van der Waals surface area (Å²) in [5.41, 5.74) is 3.15. The first-order valence-electron chi connectivity index (χ1n) is 7.11. The first kappa shape index (κ1) is 13.2. The maximum Gasteiger partial charge on any atom is 0.191 e. The number of hydrogen-bond donors (Lipinski definition) is 1. The van der Waals surface area contributed by atoms with Gasteiger partial charge in [0.1, 0.15) is 12.0 Å². The number of hydrogen-bond acceptors (Lipinski definition) is 4. The fourth-order valence-corrected chi connectivity index (χ4v) is 2.77. The standard InChI is InChI=1S/C16H21N3O/c1-11-8-15(9-19(11)3)18-14-6-4-13(5-7-14)16-10-20-12(2)17-16/h4-7,10-11,15,18H,8-9H2,1-3H3. The van der Waals surface area contributed by atoms with E-state index in [-0.39, 0.29) is 0 Å². The molecule has 0 bridgehead atoms. The summed E-state index contributed by atoms with van der Waals surface area (Å²) in [7, 11) is 2.18. The van der Waals surface area contributed by atoms with Crippen molar-refractivity contribution in [2.45, 2.75) is 32.4 Å². The zero-order valence-electron chi connectivity index (χ0n) is 12.3. The van der Waals surface area contributed by atoms with E-state index < -0.39 is 0 Å². The number of rotatable bonds is 3. The molecule has 1 saturated heterocycles. The molecular weight excluding hydrogens is 250 g/mol. The molecule has 2 atom stereocenters. The van der Waals surface area contributed by atoms with Gasteiger partial charge in [-0.15, -0.1) is 0 Å². The summed E-state index contributed by atoms with van der Waals surface area (Å²) in [4.78, 5) is 6.73. The summed E-state index contributed by atoms with van der Waals surface area (Å²) in [5, 5.41) is 3.60. The SMILES string of the molecule is Cc1nc(-c2ccc(NC3CC(C)N(C)C3)cc2)co1. The second-order valence-electron chi connectivity index (χ2n) is 5.69. The van der Waals surface area contributed by atoms with Crippen LogP contribution in [0.5, 0.6) is 0 Å². The second kappa shape index (κ2) is 5.29. The van der Waals surface area contributed by atoms with Crippen LogP contribution in [0.15, 0.2) is 34.9 Å². The Hall–Kier alpha value is -1.81. The van der Waals surface area contributed by atoms with Crippen molar-refractivity contribution in [1.29, 1.82) is 0 Å². The largest absolute Gasteiger partial charge is 0.449 e. The summed E-state index contributed by atoms with van der Waals surface area (Å²) in [6, 6.07) is 9.59. The Bertz CT molecular complexity index is 566. The van der Waals surface area contributed by atoms with E-state index in [0.29, 0.717) is 18.0 Å². The van der Waals surface area contributed by atoms with E-state index in [9.17, 15) is 0 Å². The van der Waals surface area contributed by atoms with Gasteiger partial charge in [-0.1, -0.05) is 12.1 Å². The number of benzene rings is 1. The van der Waals surface area contributed by atoms with Gasteiger partial charge in [0, 0.05) is 36.8 Å². The molecule has 4 nitrogen and oxygen atoms in total. The van der Waals surface area contributed by atoms with Crippen LogP contribution >= 0.6 is 0 Å². The second-order valence-corrected chi connectivity index (χ2v) is 5.69. The zero-order valence-corrected chi connectivity index (χ0v) is 12.3. The zero-order chi connectivity index (χ0) is 14.1. The van der Waals surface area contributed by atoms with Crippen LogP contribution in [0.4, 0.5) is 5.69 Å². The van der Waals surface area contributed by atoms with Crippen molar-refractivity contribution in [3.05, 3.63) is 36.4 Å². The number of aryl methyl sites for hydroxylation is 1. The van der Waals surface area contributed by atoms with Gasteiger partial charge in [-0.2, -0.15) is 0 Å². The lowest BCUT2D eigenvalue weighted by atomic mass is 10.1. The minimum Gasteiger partial charge on any atom is -0.449 e. The molecule has 0 radical (unpaired) electrons. The number of nitrogens with zero attached hydrogens (tertiary/aromatic N) is 2. The fourth-order valence-electron chi connectivity index (χ4n) is 2.77. The quantitative estimate of drug-likeness (QED) is 0.931. The molecule has 0 spiro atoms. The third-order valence-corrected chi connectivity index (χ3v) is 4.06. The third kappa shape index (κ3) is 2.70. The van der Waals surface area contributed by atoms with Crippen LogP contribution in [0.25, 0.3) is 11.3 Å². The van der Waals surface area contributed by atoms with Crippen LogP contribution in [-0.4, -0.2) is 35.6 Å². The highest BCUT2D eigenvalue weighted by atomic mass is 16.3. The van der Waals surface area contributed by atoms with Crippen LogP contribution in [-0.2, 0) is 0 Å². The Morgan fingerprint density at radius 2 is 2.05 bits per heavy atom. The molecule has 106 valence electrons. The highest BCUT2D eigenvalue weighted by molar-refractivity contribution is 5.62. The number of likely N-dealkylation sites (N-methyl/N-ethyl adjacent to an activating group) is 1. The van der Waals surface area contributed by atoms with Crippen LogP contribution in [0, 0.1) is 6.92 Å². The Kier molecular flexibility index (Phi) is 3.49. The van der Waals surface area contributed by atoms with Crippen molar-refractivity contribution in [2.24, 2.45) is 0 Å². The molecule has 2 heterocycles. The van der Waals surface area contributed by atoms with Crippen LogP contribution in [0.2, 0.25) is 0 Å². The van der Waals surface area contributed by atoms with E-state index in [2.05, 4.69) is 53.4 Å². The van der Waals surface area contributed by atoms with Crippen LogP contribution in [0.3, 0.4) is 0 Å². The molecule has 1 N–H and O–H groups in total. The first-order valence-corrected chi connectivity index (χ1v) is 7.11. The summed E-state index contributed by atoms with van der Waals surface area (Å²) in [6.45, 7) is 5.24. The van der Waals surface area contributed by atoms with Gasteiger partial charge in [0.25, 0.3) is 0 Å². The van der Waals surface area contributed by atoms with E-state index in [1.807, 2.05) is 6.92 Å². The predicted octanol–water partition coefficient (Wildman–Crippen LogP) is 3.15. The maximum absolute atomic E-state index is 5.25. The number of aromatic nitrogens is 1. The Morgan fingerprint density at radius 3 is 2.60 bits per heavy atom. The van der Waals surface area contributed by atoms with Crippen molar-refractivity contribution >= 4 is 5.69 Å². The summed E-state index contributed by atoms with van der Waals surface area (Å²) in [5.74, 6) is 0.699. The van der Waals surface area contributed by atoms with Crippen molar-refractivity contribution in [1.82, 2.24) is 9.88 Å². The first-order chi connectivity index (χ1) is 9.61. The average molecular weight is 271 g/mol. The van der Waals surface area contributed by atoms with Crippen LogP contribution in [0.1, 0.15) is 19.2 Å². The summed E-state index contributed by atoms with van der Waals surface area (Å²) < 4.78 is 5.25. The summed E-state index contributed by atoms with van der Waals surface area (Å²) >= 11 is 0. The molecule has 0 aliphatic carbocycles. The minimum atomic E-state index is 0.537. The molecule has 0 amide bonds. The van der Waals surface area contributed by atoms with Crippen molar-refractivity contribution in [3.8, 4) is 11.3 Å². The van der Waals surface area contributed by atoms with E-state index >= 15 is 0 Å². The highest BCUT2D eigenvalue weighted by Crippen LogP contribution is 2.23. The van der Waals surface area contributed by atoms with E-state index in [0.717, 1.165) is 17.8 Å².